The van der Waals surface area contributed by atoms with Crippen molar-refractivity contribution in [3.05, 3.63) is 12.2 Å². The van der Waals surface area contributed by atoms with Gasteiger partial charge in [-0.25, -0.2) is 4.79 Å². The van der Waals surface area contributed by atoms with E-state index in [1.807, 2.05) is 25.7 Å². The lowest BCUT2D eigenvalue weighted by Crippen LogP contribution is -2.46. The SMILES string of the molecule is C=C(CCCC)C1CCCCN1C(=O)OC(C)(C)C. The van der Waals surface area contributed by atoms with Gasteiger partial charge in [0.05, 0.1) is 6.04 Å². The Morgan fingerprint density at radius 3 is 2.63 bits per heavy atom. The molecule has 0 spiro atoms. The zero-order chi connectivity index (χ0) is 14.5. The summed E-state index contributed by atoms with van der Waals surface area (Å²) in [5.74, 6) is 0. The van der Waals surface area contributed by atoms with Crippen LogP contribution in [-0.4, -0.2) is 29.2 Å². The summed E-state index contributed by atoms with van der Waals surface area (Å²) in [6.45, 7) is 12.9. The highest BCUT2D eigenvalue weighted by Crippen LogP contribution is 2.26. The largest absolute Gasteiger partial charge is 0.444 e. The minimum atomic E-state index is -0.427. The number of rotatable bonds is 4. The Bertz CT molecular complexity index is 317. The number of hydrogen-bond donors (Lipinski definition) is 0. The van der Waals surface area contributed by atoms with E-state index in [-0.39, 0.29) is 12.1 Å². The van der Waals surface area contributed by atoms with Crippen molar-refractivity contribution < 1.29 is 9.53 Å². The first kappa shape index (κ1) is 16.1. The number of hydrogen-bond acceptors (Lipinski definition) is 2. The summed E-state index contributed by atoms with van der Waals surface area (Å²) in [6.07, 6.45) is 6.42. The Labute approximate surface area is 118 Å². The van der Waals surface area contributed by atoms with Crippen molar-refractivity contribution in [3.8, 4) is 0 Å². The summed E-state index contributed by atoms with van der Waals surface area (Å²) in [6, 6.07) is 0.176. The Balaban J connectivity index is 2.66. The first-order valence-corrected chi connectivity index (χ1v) is 7.52. The van der Waals surface area contributed by atoms with E-state index in [4.69, 9.17) is 4.74 Å². The third-order valence-electron chi connectivity index (χ3n) is 3.45. The molecule has 1 amide bonds. The van der Waals surface area contributed by atoms with Crippen LogP contribution in [0.3, 0.4) is 0 Å². The van der Waals surface area contributed by atoms with Crippen molar-refractivity contribution in [2.24, 2.45) is 0 Å². The average molecular weight is 267 g/mol. The lowest BCUT2D eigenvalue weighted by atomic mass is 9.93. The number of amides is 1. The predicted octanol–water partition coefficient (Wildman–Crippen LogP) is 4.52. The molecule has 0 saturated carbocycles. The van der Waals surface area contributed by atoms with E-state index in [9.17, 15) is 4.79 Å². The van der Waals surface area contributed by atoms with Gasteiger partial charge in [0, 0.05) is 6.54 Å². The first-order chi connectivity index (χ1) is 8.85. The number of likely N-dealkylation sites (tertiary alicyclic amines) is 1. The summed E-state index contributed by atoms with van der Waals surface area (Å²) < 4.78 is 5.51. The summed E-state index contributed by atoms with van der Waals surface area (Å²) >= 11 is 0. The second-order valence-corrected chi connectivity index (χ2v) is 6.45. The van der Waals surface area contributed by atoms with Crippen molar-refractivity contribution >= 4 is 6.09 Å². The van der Waals surface area contributed by atoms with E-state index in [0.717, 1.165) is 38.6 Å². The van der Waals surface area contributed by atoms with Gasteiger partial charge in [0.25, 0.3) is 0 Å². The van der Waals surface area contributed by atoms with Crippen molar-refractivity contribution in [1.29, 1.82) is 0 Å². The number of unbranched alkanes of at least 4 members (excludes halogenated alkanes) is 1. The molecule has 3 nitrogen and oxygen atoms in total. The van der Waals surface area contributed by atoms with Gasteiger partial charge in [0.2, 0.25) is 0 Å². The van der Waals surface area contributed by atoms with E-state index < -0.39 is 5.60 Å². The lowest BCUT2D eigenvalue weighted by molar-refractivity contribution is 0.0135. The van der Waals surface area contributed by atoms with Gasteiger partial charge in [-0.05, 0) is 52.9 Å². The normalized spacial score (nSPS) is 20.2. The van der Waals surface area contributed by atoms with Crippen LogP contribution in [0.5, 0.6) is 0 Å². The molecule has 1 saturated heterocycles. The van der Waals surface area contributed by atoms with Crippen LogP contribution >= 0.6 is 0 Å². The maximum Gasteiger partial charge on any atom is 0.410 e. The van der Waals surface area contributed by atoms with Gasteiger partial charge in [0.1, 0.15) is 5.60 Å². The van der Waals surface area contributed by atoms with Gasteiger partial charge in [-0.3, -0.25) is 0 Å². The zero-order valence-electron chi connectivity index (χ0n) is 13.0. The number of carbonyl (C=O) groups excluding carboxylic acids is 1. The minimum absolute atomic E-state index is 0.176. The van der Waals surface area contributed by atoms with E-state index >= 15 is 0 Å². The Hall–Kier alpha value is -0.990. The third-order valence-corrected chi connectivity index (χ3v) is 3.45. The lowest BCUT2D eigenvalue weighted by Gasteiger charge is -2.37. The van der Waals surface area contributed by atoms with Crippen LogP contribution in [0, 0.1) is 0 Å². The van der Waals surface area contributed by atoms with Crippen LogP contribution < -0.4 is 0 Å². The van der Waals surface area contributed by atoms with Crippen molar-refractivity contribution in [2.75, 3.05) is 6.54 Å². The van der Waals surface area contributed by atoms with Gasteiger partial charge < -0.3 is 9.64 Å². The van der Waals surface area contributed by atoms with Gasteiger partial charge in [0.15, 0.2) is 0 Å². The fourth-order valence-corrected chi connectivity index (χ4v) is 2.47. The monoisotopic (exact) mass is 267 g/mol. The second kappa shape index (κ2) is 6.97. The molecule has 0 aliphatic carbocycles. The first-order valence-electron chi connectivity index (χ1n) is 7.52. The number of piperidine rings is 1. The van der Waals surface area contributed by atoms with E-state index in [2.05, 4.69) is 13.5 Å². The standard InChI is InChI=1S/C16H29NO2/c1-6-7-10-13(2)14-11-8-9-12-17(14)15(18)19-16(3,4)5/h14H,2,6-12H2,1,3-5H3. The van der Waals surface area contributed by atoms with Crippen molar-refractivity contribution in [1.82, 2.24) is 4.90 Å². The molecule has 1 aliphatic heterocycles. The van der Waals surface area contributed by atoms with Gasteiger partial charge in [-0.2, -0.15) is 0 Å². The highest BCUT2D eigenvalue weighted by atomic mass is 16.6. The molecule has 1 fully saturated rings. The zero-order valence-corrected chi connectivity index (χ0v) is 13.0. The topological polar surface area (TPSA) is 29.5 Å². The number of carbonyl (C=O) groups is 1. The second-order valence-electron chi connectivity index (χ2n) is 6.45. The Morgan fingerprint density at radius 1 is 1.37 bits per heavy atom. The maximum absolute atomic E-state index is 12.3. The quantitative estimate of drug-likeness (QED) is 0.701. The van der Waals surface area contributed by atoms with Crippen LogP contribution in [0.2, 0.25) is 0 Å². The smallest absolute Gasteiger partial charge is 0.410 e. The van der Waals surface area contributed by atoms with Gasteiger partial charge in [-0.15, -0.1) is 0 Å². The van der Waals surface area contributed by atoms with Gasteiger partial charge in [-0.1, -0.05) is 25.5 Å². The number of nitrogens with zero attached hydrogens (tertiary/aromatic N) is 1. The van der Waals surface area contributed by atoms with Crippen LogP contribution in [0.15, 0.2) is 12.2 Å². The molecule has 1 heterocycles. The highest BCUT2D eigenvalue weighted by molar-refractivity contribution is 5.69. The maximum atomic E-state index is 12.3. The van der Waals surface area contributed by atoms with Crippen LogP contribution in [-0.2, 0) is 4.74 Å². The summed E-state index contributed by atoms with van der Waals surface area (Å²) in [5.41, 5.74) is 0.761. The Kier molecular flexibility index (Phi) is 5.89. The van der Waals surface area contributed by atoms with E-state index in [1.54, 1.807) is 0 Å². The fourth-order valence-electron chi connectivity index (χ4n) is 2.47. The summed E-state index contributed by atoms with van der Waals surface area (Å²) in [5, 5.41) is 0. The average Bonchev–Trinajstić information content (AvgIpc) is 2.34. The minimum Gasteiger partial charge on any atom is -0.444 e. The molecule has 0 aromatic rings. The molecule has 1 aliphatic rings. The van der Waals surface area contributed by atoms with Crippen LogP contribution in [0.1, 0.15) is 66.2 Å². The third kappa shape index (κ3) is 5.25. The van der Waals surface area contributed by atoms with Crippen molar-refractivity contribution in [3.63, 3.8) is 0 Å². The molecule has 3 heteroatoms. The van der Waals surface area contributed by atoms with Crippen LogP contribution in [0.25, 0.3) is 0 Å². The molecule has 0 N–H and O–H groups in total. The molecule has 1 rings (SSSR count). The molecule has 0 bridgehead atoms. The van der Waals surface area contributed by atoms with E-state index in [1.165, 1.54) is 12.0 Å². The highest BCUT2D eigenvalue weighted by Gasteiger charge is 2.31. The molecule has 19 heavy (non-hydrogen) atoms. The molecule has 0 aromatic carbocycles. The fraction of sp³-hybridized carbons (Fsp3) is 0.812. The summed E-state index contributed by atoms with van der Waals surface area (Å²) in [7, 11) is 0. The predicted molar refractivity (Wildman–Crippen MR) is 79.2 cm³/mol. The molecular weight excluding hydrogens is 238 g/mol. The van der Waals surface area contributed by atoms with E-state index in [0.29, 0.717) is 0 Å². The summed E-state index contributed by atoms with van der Waals surface area (Å²) in [4.78, 5) is 14.1. The van der Waals surface area contributed by atoms with Crippen molar-refractivity contribution in [2.45, 2.75) is 77.9 Å². The molecule has 110 valence electrons. The molecule has 0 aromatic heterocycles. The number of ether oxygens (including phenoxy) is 1. The molecule has 0 radical (unpaired) electrons. The Morgan fingerprint density at radius 2 is 2.05 bits per heavy atom. The molecule has 1 unspecified atom stereocenters. The molecule has 1 atom stereocenters. The van der Waals surface area contributed by atoms with Gasteiger partial charge >= 0.3 is 6.09 Å². The molecular formula is C16H29NO2. The van der Waals surface area contributed by atoms with Crippen LogP contribution in [0.4, 0.5) is 4.79 Å².